The van der Waals surface area contributed by atoms with Gasteiger partial charge in [-0.2, -0.15) is 5.56 Å². The van der Waals surface area contributed by atoms with Crippen molar-refractivity contribution in [3.05, 3.63) is 129 Å². The summed E-state index contributed by atoms with van der Waals surface area (Å²) in [7, 11) is 0. The second-order valence-electron chi connectivity index (χ2n) is 17.5. The fraction of sp³-hybridized carbons (Fsp3) is 0.375. The molecule has 54 heavy (non-hydrogen) atoms. The number of pyridine rings is 1. The van der Waals surface area contributed by atoms with Crippen molar-refractivity contribution in [2.24, 2.45) is 10.9 Å². The Kier molecular flexibility index (Phi) is 10.3. The largest absolute Gasteiger partial charge is 2.00 e. The summed E-state index contributed by atoms with van der Waals surface area (Å²) in [5, 5.41) is 0. The number of hydrogen-bond acceptors (Lipinski definition) is 5. The normalized spacial score (nSPS) is 17.4. The Morgan fingerprint density at radius 2 is 1.46 bits per heavy atom. The van der Waals surface area contributed by atoms with Crippen LogP contribution in [0.15, 0.2) is 71.9 Å². The van der Waals surface area contributed by atoms with E-state index in [9.17, 15) is 0 Å². The number of fused-ring (bicyclic) bond motifs is 2. The van der Waals surface area contributed by atoms with E-state index >= 15 is 0 Å². The van der Waals surface area contributed by atoms with Crippen molar-refractivity contribution in [2.75, 3.05) is 11.5 Å². The molecule has 282 valence electrons. The fourth-order valence-electron chi connectivity index (χ4n) is 7.80. The number of benzene rings is 4. The smallest absolute Gasteiger partial charge is 0.518 e. The summed E-state index contributed by atoms with van der Waals surface area (Å²) < 4.78 is 13.1. The molecule has 4 aromatic carbocycles. The van der Waals surface area contributed by atoms with Crippen molar-refractivity contribution in [3.8, 4) is 22.6 Å². The molecule has 0 saturated heterocycles. The van der Waals surface area contributed by atoms with E-state index in [1.165, 1.54) is 38.9 Å². The van der Waals surface area contributed by atoms with Crippen LogP contribution in [0.2, 0.25) is 0 Å². The number of ether oxygens (including phenoxy) is 2. The van der Waals surface area contributed by atoms with Crippen molar-refractivity contribution in [2.45, 2.75) is 106 Å². The van der Waals surface area contributed by atoms with Gasteiger partial charge in [0.2, 0.25) is 0 Å². The van der Waals surface area contributed by atoms with E-state index in [1.807, 2.05) is 12.3 Å². The maximum atomic E-state index is 6.79. The van der Waals surface area contributed by atoms with Gasteiger partial charge in [-0.05, 0) is 91.5 Å². The molecule has 1 atom stereocenters. The Labute approximate surface area is 337 Å². The summed E-state index contributed by atoms with van der Waals surface area (Å²) in [5.74, 6) is 3.03. The van der Waals surface area contributed by atoms with E-state index < -0.39 is 0 Å². The molecule has 0 fully saturated rings. The molecule has 5 nitrogen and oxygen atoms in total. The minimum atomic E-state index is -0.301. The SMILES string of the molecule is Cc1cc(Oc2[c-]c(C3=N[C@](C)(C(C)C)CO3)cc(-c3c(C)cc(C)cc3C)c2)[c-]c(N2c3ccc(C(C)(C)C)cc3C(C)(C)c3cc(C)cnc32)c1.[Pt+2]. The van der Waals surface area contributed by atoms with Crippen LogP contribution in [-0.4, -0.2) is 23.0 Å². The van der Waals surface area contributed by atoms with Gasteiger partial charge in [0.1, 0.15) is 18.3 Å². The van der Waals surface area contributed by atoms with E-state index in [0.717, 1.165) is 39.4 Å². The fourth-order valence-corrected chi connectivity index (χ4v) is 7.80. The monoisotopic (exact) mass is 898 g/mol. The first-order valence-electron chi connectivity index (χ1n) is 18.9. The van der Waals surface area contributed by atoms with E-state index in [-0.39, 0.29) is 37.4 Å². The van der Waals surface area contributed by atoms with Crippen molar-refractivity contribution in [1.82, 2.24) is 4.98 Å². The van der Waals surface area contributed by atoms with Crippen LogP contribution >= 0.6 is 0 Å². The van der Waals surface area contributed by atoms with E-state index in [0.29, 0.717) is 29.9 Å². The van der Waals surface area contributed by atoms with Crippen LogP contribution in [0.25, 0.3) is 11.1 Å². The van der Waals surface area contributed by atoms with Crippen LogP contribution in [0.5, 0.6) is 11.5 Å². The maximum absolute atomic E-state index is 6.79. The van der Waals surface area contributed by atoms with Crippen LogP contribution in [0.4, 0.5) is 17.2 Å². The molecular formula is C48H53N3O2Pt. The molecule has 1 aromatic heterocycles. The minimum Gasteiger partial charge on any atom is -0.518 e. The summed E-state index contributed by atoms with van der Waals surface area (Å²) in [6, 6.07) is 29.2. The molecule has 2 aliphatic rings. The molecule has 6 heteroatoms. The van der Waals surface area contributed by atoms with Gasteiger partial charge < -0.3 is 14.4 Å². The van der Waals surface area contributed by atoms with Crippen molar-refractivity contribution >= 4 is 23.1 Å². The van der Waals surface area contributed by atoms with Gasteiger partial charge in [0, 0.05) is 34.4 Å². The maximum Gasteiger partial charge on any atom is 2.00 e. The standard InChI is InChI=1S/C48H53N3O2.Pt/c1-28(2)48(13)27-52-45(50-48)35-21-34(43-32(6)16-29(3)17-33(43)7)22-39(23-35)53-38-19-30(4)18-37(25-38)51-42-15-14-36(46(8,9)10)24-40(42)47(11,12)41-20-31(5)26-49-44(41)51;/h14-22,24,26,28H,27H2,1-13H3;/q-2;+2/t48-;/m0./s1. The number of nitrogens with zero attached hydrogens (tertiary/aromatic N) is 3. The second kappa shape index (κ2) is 14.1. The first-order chi connectivity index (χ1) is 24.8. The van der Waals surface area contributed by atoms with Crippen LogP contribution in [0, 0.1) is 52.7 Å². The zero-order valence-electron chi connectivity index (χ0n) is 34.1. The van der Waals surface area contributed by atoms with Crippen molar-refractivity contribution < 1.29 is 30.5 Å². The van der Waals surface area contributed by atoms with Gasteiger partial charge in [0.25, 0.3) is 0 Å². The number of hydrogen-bond donors (Lipinski definition) is 0. The van der Waals surface area contributed by atoms with Crippen LogP contribution < -0.4 is 9.64 Å². The Bertz CT molecular complexity index is 2270. The molecule has 7 rings (SSSR count). The Balaban J connectivity index is 0.00000497. The summed E-state index contributed by atoms with van der Waals surface area (Å²) in [5.41, 5.74) is 14.0. The second-order valence-corrected chi connectivity index (χ2v) is 17.5. The number of aryl methyl sites for hydroxylation is 5. The molecule has 0 N–H and O–H groups in total. The van der Waals surface area contributed by atoms with E-state index in [4.69, 9.17) is 19.5 Å². The van der Waals surface area contributed by atoms with Gasteiger partial charge in [-0.1, -0.05) is 114 Å². The van der Waals surface area contributed by atoms with Gasteiger partial charge in [-0.15, -0.1) is 24.3 Å². The van der Waals surface area contributed by atoms with Crippen molar-refractivity contribution in [1.29, 1.82) is 0 Å². The molecule has 3 heterocycles. The minimum absolute atomic E-state index is 0. The Hall–Kier alpha value is -4.21. The van der Waals surface area contributed by atoms with Gasteiger partial charge in [0.05, 0.1) is 5.54 Å². The first-order valence-corrected chi connectivity index (χ1v) is 18.9. The molecule has 0 unspecified atom stereocenters. The Morgan fingerprint density at radius 3 is 2.11 bits per heavy atom. The van der Waals surface area contributed by atoms with E-state index in [1.54, 1.807) is 0 Å². The molecule has 0 aliphatic carbocycles. The molecule has 0 amide bonds. The molecule has 0 spiro atoms. The topological polar surface area (TPSA) is 47.0 Å². The predicted octanol–water partition coefficient (Wildman–Crippen LogP) is 12.3. The quantitative estimate of drug-likeness (QED) is 0.159. The van der Waals surface area contributed by atoms with Gasteiger partial charge in [0.15, 0.2) is 0 Å². The van der Waals surface area contributed by atoms with Gasteiger partial charge in [-0.25, -0.2) is 4.98 Å². The molecule has 2 aliphatic heterocycles. The molecule has 0 bridgehead atoms. The van der Waals surface area contributed by atoms with Crippen LogP contribution in [0.3, 0.4) is 0 Å². The summed E-state index contributed by atoms with van der Waals surface area (Å²) in [6.07, 6.45) is 1.96. The van der Waals surface area contributed by atoms with Gasteiger partial charge in [-0.3, -0.25) is 4.99 Å². The van der Waals surface area contributed by atoms with Gasteiger partial charge >= 0.3 is 21.1 Å². The third-order valence-corrected chi connectivity index (χ3v) is 11.2. The molecular weight excluding hydrogens is 846 g/mol. The zero-order valence-corrected chi connectivity index (χ0v) is 36.4. The predicted molar refractivity (Wildman–Crippen MR) is 219 cm³/mol. The third kappa shape index (κ3) is 7.17. The number of anilines is 3. The summed E-state index contributed by atoms with van der Waals surface area (Å²) in [6.45, 7) is 29.2. The molecule has 5 aromatic rings. The van der Waals surface area contributed by atoms with Crippen molar-refractivity contribution in [3.63, 3.8) is 0 Å². The van der Waals surface area contributed by atoms with Crippen LogP contribution in [0.1, 0.15) is 105 Å². The number of rotatable bonds is 6. The Morgan fingerprint density at radius 1 is 0.796 bits per heavy atom. The molecule has 0 radical (unpaired) electrons. The van der Waals surface area contributed by atoms with E-state index in [2.05, 4.69) is 162 Å². The van der Waals surface area contributed by atoms with Crippen LogP contribution in [-0.2, 0) is 36.6 Å². The third-order valence-electron chi connectivity index (χ3n) is 11.2. The average molecular weight is 899 g/mol. The zero-order chi connectivity index (χ0) is 38.2. The first kappa shape index (κ1) is 39.5. The number of aromatic nitrogens is 1. The number of aliphatic imine (C=N–C) groups is 1. The average Bonchev–Trinajstić information content (AvgIpc) is 3.47. The summed E-state index contributed by atoms with van der Waals surface area (Å²) in [4.78, 5) is 12.4. The summed E-state index contributed by atoms with van der Waals surface area (Å²) >= 11 is 0. The molecule has 0 saturated carbocycles.